The second-order valence-corrected chi connectivity index (χ2v) is 5.98. The van der Waals surface area contributed by atoms with Crippen molar-refractivity contribution >= 4 is 11.6 Å². The van der Waals surface area contributed by atoms with E-state index in [2.05, 4.69) is 15.5 Å². The molecule has 0 fully saturated rings. The van der Waals surface area contributed by atoms with Gasteiger partial charge in [0.1, 0.15) is 5.75 Å². The maximum atomic E-state index is 12.4. The van der Waals surface area contributed by atoms with Gasteiger partial charge in [0.2, 0.25) is 18.5 Å². The lowest BCUT2D eigenvalue weighted by Crippen LogP contribution is -2.30. The van der Waals surface area contributed by atoms with E-state index in [4.69, 9.17) is 18.7 Å². The molecular weight excluding hydrogens is 350 g/mol. The molecule has 1 unspecified atom stereocenters. The highest BCUT2D eigenvalue weighted by Crippen LogP contribution is 2.34. The summed E-state index contributed by atoms with van der Waals surface area (Å²) in [5.74, 6) is 2.56. The van der Waals surface area contributed by atoms with Crippen molar-refractivity contribution in [1.82, 2.24) is 10.1 Å². The van der Waals surface area contributed by atoms with E-state index in [0.29, 0.717) is 34.7 Å². The highest BCUT2D eigenvalue weighted by molar-refractivity contribution is 5.94. The lowest BCUT2D eigenvalue weighted by molar-refractivity contribution is -0.122. The van der Waals surface area contributed by atoms with Crippen molar-refractivity contribution in [3.05, 3.63) is 48.4 Å². The number of hydrogen-bond donors (Lipinski definition) is 1. The number of nitrogens with zero attached hydrogens (tertiary/aromatic N) is 2. The molecule has 0 spiro atoms. The number of hydrogen-bond acceptors (Lipinski definition) is 7. The number of rotatable bonds is 5. The number of ether oxygens (including phenoxy) is 3. The molecule has 3 aromatic rings. The van der Waals surface area contributed by atoms with Crippen molar-refractivity contribution in [1.29, 1.82) is 0 Å². The van der Waals surface area contributed by atoms with Crippen molar-refractivity contribution in [2.24, 2.45) is 0 Å². The van der Waals surface area contributed by atoms with Crippen LogP contribution in [0.5, 0.6) is 17.2 Å². The Bertz CT molecular complexity index is 968. The van der Waals surface area contributed by atoms with E-state index < -0.39 is 6.10 Å². The molecule has 1 atom stereocenters. The minimum Gasteiger partial charge on any atom is -0.481 e. The smallest absolute Gasteiger partial charge is 0.265 e. The molecule has 1 N–H and O–H groups in total. The number of aryl methyl sites for hydroxylation is 1. The Balaban J connectivity index is 1.38. The van der Waals surface area contributed by atoms with Gasteiger partial charge in [-0.15, -0.1) is 0 Å². The number of nitrogens with one attached hydrogen (secondary N) is 1. The van der Waals surface area contributed by atoms with E-state index >= 15 is 0 Å². The molecule has 1 aromatic heterocycles. The Labute approximate surface area is 155 Å². The van der Waals surface area contributed by atoms with Crippen LogP contribution in [-0.4, -0.2) is 28.9 Å². The summed E-state index contributed by atoms with van der Waals surface area (Å²) in [6, 6.07) is 12.3. The summed E-state index contributed by atoms with van der Waals surface area (Å²) >= 11 is 0. The lowest BCUT2D eigenvalue weighted by atomic mass is 10.2. The van der Waals surface area contributed by atoms with Gasteiger partial charge in [0.15, 0.2) is 17.6 Å². The summed E-state index contributed by atoms with van der Waals surface area (Å²) in [7, 11) is 0. The molecule has 27 heavy (non-hydrogen) atoms. The molecule has 138 valence electrons. The van der Waals surface area contributed by atoms with E-state index in [1.807, 2.05) is 12.1 Å². The normalized spacial score (nSPS) is 13.3. The van der Waals surface area contributed by atoms with Crippen LogP contribution in [0.3, 0.4) is 0 Å². The first-order valence-corrected chi connectivity index (χ1v) is 8.36. The standard InChI is InChI=1S/C19H17N3O5/c1-11(19(23)21-14-5-8-16-17(9-14)25-10-24-16)26-15-6-3-13(4-7-15)18-20-12(2)27-22-18/h3-9,11H,10H2,1-2H3,(H,21,23). The molecule has 4 rings (SSSR count). The summed E-state index contributed by atoms with van der Waals surface area (Å²) in [6.45, 7) is 3.60. The zero-order valence-corrected chi connectivity index (χ0v) is 14.8. The molecule has 0 saturated heterocycles. The largest absolute Gasteiger partial charge is 0.481 e. The third-order valence-electron chi connectivity index (χ3n) is 3.96. The number of carbonyl (C=O) groups is 1. The van der Waals surface area contributed by atoms with Gasteiger partial charge < -0.3 is 24.1 Å². The average Bonchev–Trinajstić information content (AvgIpc) is 3.30. The van der Waals surface area contributed by atoms with Gasteiger partial charge in [-0.3, -0.25) is 4.79 Å². The number of carbonyl (C=O) groups excluding carboxylic acids is 1. The Kier molecular flexibility index (Phi) is 4.37. The Morgan fingerprint density at radius 3 is 2.67 bits per heavy atom. The van der Waals surface area contributed by atoms with E-state index in [1.165, 1.54) is 0 Å². The number of fused-ring (bicyclic) bond motifs is 1. The first kappa shape index (κ1) is 16.9. The van der Waals surface area contributed by atoms with Crippen molar-refractivity contribution in [2.45, 2.75) is 20.0 Å². The topological polar surface area (TPSA) is 95.7 Å². The van der Waals surface area contributed by atoms with Crippen molar-refractivity contribution in [3.63, 3.8) is 0 Å². The Morgan fingerprint density at radius 1 is 1.15 bits per heavy atom. The van der Waals surface area contributed by atoms with E-state index in [9.17, 15) is 4.79 Å². The van der Waals surface area contributed by atoms with Gasteiger partial charge in [-0.05, 0) is 43.3 Å². The molecule has 0 radical (unpaired) electrons. The van der Waals surface area contributed by atoms with Crippen LogP contribution >= 0.6 is 0 Å². The summed E-state index contributed by atoms with van der Waals surface area (Å²) in [5, 5.41) is 6.67. The first-order chi connectivity index (χ1) is 13.1. The number of benzene rings is 2. The lowest BCUT2D eigenvalue weighted by Gasteiger charge is -2.15. The van der Waals surface area contributed by atoms with Crippen LogP contribution < -0.4 is 19.5 Å². The van der Waals surface area contributed by atoms with Crippen LogP contribution in [-0.2, 0) is 4.79 Å². The maximum absolute atomic E-state index is 12.4. The fraction of sp³-hybridized carbons (Fsp3) is 0.211. The van der Waals surface area contributed by atoms with Gasteiger partial charge in [-0.25, -0.2) is 0 Å². The summed E-state index contributed by atoms with van der Waals surface area (Å²) in [6.07, 6.45) is -0.686. The molecule has 1 amide bonds. The van der Waals surface area contributed by atoms with Crippen LogP contribution in [0.2, 0.25) is 0 Å². The number of anilines is 1. The van der Waals surface area contributed by atoms with E-state index in [-0.39, 0.29) is 12.7 Å². The van der Waals surface area contributed by atoms with Crippen molar-refractivity contribution in [2.75, 3.05) is 12.1 Å². The van der Waals surface area contributed by atoms with Gasteiger partial charge in [0, 0.05) is 24.2 Å². The second kappa shape index (κ2) is 6.99. The molecule has 1 aliphatic rings. The fourth-order valence-corrected chi connectivity index (χ4v) is 2.57. The Morgan fingerprint density at radius 2 is 1.93 bits per heavy atom. The molecule has 0 saturated carbocycles. The van der Waals surface area contributed by atoms with Gasteiger partial charge in [-0.2, -0.15) is 4.98 Å². The highest BCUT2D eigenvalue weighted by Gasteiger charge is 2.18. The SMILES string of the molecule is Cc1nc(-c2ccc(OC(C)C(=O)Nc3ccc4c(c3)OCO4)cc2)no1. The molecule has 1 aliphatic heterocycles. The molecule has 8 nitrogen and oxygen atoms in total. The predicted molar refractivity (Wildman–Crippen MR) is 95.8 cm³/mol. The monoisotopic (exact) mass is 367 g/mol. The van der Waals surface area contributed by atoms with Crippen LogP contribution in [0.4, 0.5) is 5.69 Å². The zero-order valence-electron chi connectivity index (χ0n) is 14.8. The number of amides is 1. The summed E-state index contributed by atoms with van der Waals surface area (Å²) in [4.78, 5) is 16.5. The quantitative estimate of drug-likeness (QED) is 0.740. The van der Waals surface area contributed by atoms with Gasteiger partial charge in [-0.1, -0.05) is 5.16 Å². The van der Waals surface area contributed by atoms with Gasteiger partial charge in [0.05, 0.1) is 0 Å². The zero-order chi connectivity index (χ0) is 18.8. The third kappa shape index (κ3) is 3.69. The van der Waals surface area contributed by atoms with Gasteiger partial charge in [0.25, 0.3) is 5.91 Å². The van der Waals surface area contributed by atoms with Crippen LogP contribution in [0.15, 0.2) is 47.0 Å². The minimum absolute atomic E-state index is 0.186. The van der Waals surface area contributed by atoms with Crippen molar-refractivity contribution < 1.29 is 23.5 Å². The molecule has 2 heterocycles. The summed E-state index contributed by atoms with van der Waals surface area (Å²) in [5.41, 5.74) is 1.42. The first-order valence-electron chi connectivity index (χ1n) is 8.36. The van der Waals surface area contributed by atoms with Crippen LogP contribution in [0.25, 0.3) is 11.4 Å². The van der Waals surface area contributed by atoms with Gasteiger partial charge >= 0.3 is 0 Å². The Hall–Kier alpha value is -3.55. The molecular formula is C19H17N3O5. The fourth-order valence-electron chi connectivity index (χ4n) is 2.57. The van der Waals surface area contributed by atoms with E-state index in [0.717, 1.165) is 5.56 Å². The molecule has 0 bridgehead atoms. The molecule has 2 aromatic carbocycles. The number of aromatic nitrogens is 2. The summed E-state index contributed by atoms with van der Waals surface area (Å²) < 4.78 is 21.2. The third-order valence-corrected chi connectivity index (χ3v) is 3.96. The molecule has 0 aliphatic carbocycles. The average molecular weight is 367 g/mol. The van der Waals surface area contributed by atoms with Crippen LogP contribution in [0.1, 0.15) is 12.8 Å². The highest BCUT2D eigenvalue weighted by atomic mass is 16.7. The predicted octanol–water partition coefficient (Wildman–Crippen LogP) is 3.18. The molecule has 8 heteroatoms. The maximum Gasteiger partial charge on any atom is 0.265 e. The van der Waals surface area contributed by atoms with Crippen LogP contribution in [0, 0.1) is 6.92 Å². The van der Waals surface area contributed by atoms with Crippen molar-refractivity contribution in [3.8, 4) is 28.6 Å². The second-order valence-electron chi connectivity index (χ2n) is 5.98. The van der Waals surface area contributed by atoms with E-state index in [1.54, 1.807) is 44.2 Å². The minimum atomic E-state index is -0.686.